The van der Waals surface area contributed by atoms with E-state index in [1.807, 2.05) is 0 Å². The van der Waals surface area contributed by atoms with Crippen LogP contribution in [0.1, 0.15) is 18.4 Å². The Morgan fingerprint density at radius 3 is 2.82 bits per heavy atom. The number of piperidine rings is 1. The molecule has 1 heterocycles. The molecule has 1 fully saturated rings. The van der Waals surface area contributed by atoms with Crippen LogP contribution in [-0.2, 0) is 11.3 Å². The van der Waals surface area contributed by atoms with Crippen LogP contribution in [0.3, 0.4) is 0 Å². The van der Waals surface area contributed by atoms with Crippen LogP contribution in [0.15, 0.2) is 18.2 Å². The molecule has 1 aliphatic heterocycles. The van der Waals surface area contributed by atoms with Crippen LogP contribution in [0.25, 0.3) is 0 Å². The molecule has 0 saturated carbocycles. The van der Waals surface area contributed by atoms with Crippen LogP contribution >= 0.6 is 24.0 Å². The van der Waals surface area contributed by atoms with Gasteiger partial charge in [0.15, 0.2) is 0 Å². The first-order valence-corrected chi connectivity index (χ1v) is 7.32. The number of nitrogens with two attached hydrogens (primary N) is 1. The van der Waals surface area contributed by atoms with Crippen molar-refractivity contribution in [3.8, 4) is 0 Å². The molecular weight excluding hydrogens is 329 g/mol. The molecule has 0 radical (unpaired) electrons. The molecule has 0 spiro atoms. The molecular formula is C14H21Cl2N3O3. The fraction of sp³-hybridized carbons (Fsp3) is 0.571. The number of nitro groups is 1. The molecule has 2 atom stereocenters. The van der Waals surface area contributed by atoms with E-state index in [-0.39, 0.29) is 30.2 Å². The van der Waals surface area contributed by atoms with Gasteiger partial charge in [-0.25, -0.2) is 0 Å². The molecule has 2 rings (SSSR count). The van der Waals surface area contributed by atoms with Crippen molar-refractivity contribution in [2.24, 2.45) is 5.73 Å². The van der Waals surface area contributed by atoms with Gasteiger partial charge in [0.25, 0.3) is 5.69 Å². The van der Waals surface area contributed by atoms with Crippen molar-refractivity contribution in [2.45, 2.75) is 31.5 Å². The average Bonchev–Trinajstić information content (AvgIpc) is 2.49. The van der Waals surface area contributed by atoms with E-state index < -0.39 is 4.92 Å². The second kappa shape index (κ2) is 8.64. The highest BCUT2D eigenvalue weighted by molar-refractivity contribution is 6.31. The van der Waals surface area contributed by atoms with E-state index in [1.165, 1.54) is 12.1 Å². The zero-order valence-corrected chi connectivity index (χ0v) is 14.0. The van der Waals surface area contributed by atoms with Crippen LogP contribution in [0.4, 0.5) is 5.69 Å². The lowest BCUT2D eigenvalue weighted by Gasteiger charge is -2.38. The number of rotatable bonds is 5. The lowest BCUT2D eigenvalue weighted by molar-refractivity contribution is -0.384. The lowest BCUT2D eigenvalue weighted by Crippen LogP contribution is -2.48. The Labute approximate surface area is 141 Å². The largest absolute Gasteiger partial charge is 0.381 e. The summed E-state index contributed by atoms with van der Waals surface area (Å²) in [4.78, 5) is 12.6. The SMILES string of the molecule is COC1CCN(Cc2ccc([N+](=O)[O-])cc2Cl)C(CN)C1.Cl. The molecule has 0 amide bonds. The van der Waals surface area contributed by atoms with Crippen LogP contribution in [-0.4, -0.2) is 42.2 Å². The zero-order chi connectivity index (χ0) is 15.4. The predicted octanol–water partition coefficient (Wildman–Crippen LogP) is 2.61. The van der Waals surface area contributed by atoms with Gasteiger partial charge in [-0.15, -0.1) is 12.4 Å². The van der Waals surface area contributed by atoms with E-state index in [9.17, 15) is 10.1 Å². The summed E-state index contributed by atoms with van der Waals surface area (Å²) >= 11 is 6.15. The number of non-ortho nitro benzene ring substituents is 1. The van der Waals surface area contributed by atoms with Crippen molar-refractivity contribution in [1.29, 1.82) is 0 Å². The molecule has 0 aromatic heterocycles. The molecule has 1 aliphatic rings. The van der Waals surface area contributed by atoms with Gasteiger partial charge in [0, 0.05) is 44.9 Å². The zero-order valence-electron chi connectivity index (χ0n) is 12.4. The highest BCUT2D eigenvalue weighted by Crippen LogP contribution is 2.27. The quantitative estimate of drug-likeness (QED) is 0.652. The first-order valence-electron chi connectivity index (χ1n) is 6.95. The monoisotopic (exact) mass is 349 g/mol. The van der Waals surface area contributed by atoms with Crippen molar-refractivity contribution < 1.29 is 9.66 Å². The second-order valence-electron chi connectivity index (χ2n) is 5.27. The molecule has 1 aromatic carbocycles. The maximum Gasteiger partial charge on any atom is 0.270 e. The first kappa shape index (κ1) is 19.1. The van der Waals surface area contributed by atoms with Crippen molar-refractivity contribution >= 4 is 29.7 Å². The molecule has 8 heteroatoms. The Kier molecular flexibility index (Phi) is 7.52. The number of likely N-dealkylation sites (tertiary alicyclic amines) is 1. The van der Waals surface area contributed by atoms with Gasteiger partial charge in [-0.2, -0.15) is 0 Å². The van der Waals surface area contributed by atoms with Crippen LogP contribution in [0.5, 0.6) is 0 Å². The fourth-order valence-electron chi connectivity index (χ4n) is 2.73. The van der Waals surface area contributed by atoms with E-state index >= 15 is 0 Å². The van der Waals surface area contributed by atoms with Gasteiger partial charge in [0.05, 0.1) is 16.0 Å². The summed E-state index contributed by atoms with van der Waals surface area (Å²) < 4.78 is 5.40. The Bertz CT molecular complexity index is 516. The number of nitrogens with zero attached hydrogens (tertiary/aromatic N) is 2. The number of ether oxygens (including phenoxy) is 1. The summed E-state index contributed by atoms with van der Waals surface area (Å²) in [6.45, 7) is 2.09. The molecule has 0 bridgehead atoms. The molecule has 1 saturated heterocycles. The summed E-state index contributed by atoms with van der Waals surface area (Å²) in [6, 6.07) is 4.85. The Morgan fingerprint density at radius 1 is 1.55 bits per heavy atom. The molecule has 0 aliphatic carbocycles. The molecule has 2 N–H and O–H groups in total. The summed E-state index contributed by atoms with van der Waals surface area (Å²) in [5.41, 5.74) is 6.74. The summed E-state index contributed by atoms with van der Waals surface area (Å²) in [7, 11) is 1.72. The van der Waals surface area contributed by atoms with Gasteiger partial charge >= 0.3 is 0 Å². The van der Waals surface area contributed by atoms with E-state index in [4.69, 9.17) is 22.1 Å². The molecule has 22 heavy (non-hydrogen) atoms. The third-order valence-corrected chi connectivity index (χ3v) is 4.37. The van der Waals surface area contributed by atoms with Crippen LogP contribution < -0.4 is 5.73 Å². The summed E-state index contributed by atoms with van der Waals surface area (Å²) in [5.74, 6) is 0. The van der Waals surface area contributed by atoms with Gasteiger partial charge in [0.2, 0.25) is 0 Å². The Balaban J connectivity index is 0.00000242. The average molecular weight is 350 g/mol. The van der Waals surface area contributed by atoms with Gasteiger partial charge in [-0.05, 0) is 24.5 Å². The molecule has 6 nitrogen and oxygen atoms in total. The highest BCUT2D eigenvalue weighted by Gasteiger charge is 2.28. The third kappa shape index (κ3) is 4.54. The highest BCUT2D eigenvalue weighted by atomic mass is 35.5. The summed E-state index contributed by atoms with van der Waals surface area (Å²) in [6.07, 6.45) is 2.11. The van der Waals surface area contributed by atoms with E-state index in [0.717, 1.165) is 24.9 Å². The number of methoxy groups -OCH3 is 1. The van der Waals surface area contributed by atoms with E-state index in [2.05, 4.69) is 4.90 Å². The van der Waals surface area contributed by atoms with E-state index in [1.54, 1.807) is 13.2 Å². The van der Waals surface area contributed by atoms with Crippen molar-refractivity contribution in [2.75, 3.05) is 20.2 Å². The fourth-order valence-corrected chi connectivity index (χ4v) is 2.96. The van der Waals surface area contributed by atoms with Crippen LogP contribution in [0.2, 0.25) is 5.02 Å². The number of hydrogen-bond donors (Lipinski definition) is 1. The van der Waals surface area contributed by atoms with Gasteiger partial charge in [-0.3, -0.25) is 15.0 Å². The topological polar surface area (TPSA) is 81.6 Å². The molecule has 2 unspecified atom stereocenters. The van der Waals surface area contributed by atoms with Crippen molar-refractivity contribution in [3.63, 3.8) is 0 Å². The third-order valence-electron chi connectivity index (χ3n) is 4.02. The van der Waals surface area contributed by atoms with Gasteiger partial charge in [-0.1, -0.05) is 11.6 Å². The Hall–Kier alpha value is -0.920. The summed E-state index contributed by atoms with van der Waals surface area (Å²) in [5, 5.41) is 11.2. The second-order valence-corrected chi connectivity index (χ2v) is 5.68. The number of benzene rings is 1. The minimum absolute atomic E-state index is 0. The Morgan fingerprint density at radius 2 is 2.27 bits per heavy atom. The smallest absolute Gasteiger partial charge is 0.270 e. The van der Waals surface area contributed by atoms with Crippen molar-refractivity contribution in [1.82, 2.24) is 4.90 Å². The lowest BCUT2D eigenvalue weighted by atomic mass is 9.98. The number of hydrogen-bond acceptors (Lipinski definition) is 5. The minimum Gasteiger partial charge on any atom is -0.381 e. The number of nitro benzene ring substituents is 1. The van der Waals surface area contributed by atoms with Crippen LogP contribution in [0, 0.1) is 10.1 Å². The van der Waals surface area contributed by atoms with Gasteiger partial charge < -0.3 is 10.5 Å². The van der Waals surface area contributed by atoms with Crippen molar-refractivity contribution in [3.05, 3.63) is 38.9 Å². The standard InChI is InChI=1S/C14H20ClN3O3.ClH/c1-21-13-4-5-17(12(6-13)8-16)9-10-2-3-11(18(19)20)7-14(10)15;/h2-3,7,12-13H,4-6,8-9,16H2,1H3;1H. The van der Waals surface area contributed by atoms with E-state index in [0.29, 0.717) is 18.1 Å². The maximum absolute atomic E-state index is 10.7. The normalized spacial score (nSPS) is 22.1. The first-order chi connectivity index (χ1) is 10.0. The predicted molar refractivity (Wildman–Crippen MR) is 88.6 cm³/mol. The maximum atomic E-state index is 10.7. The minimum atomic E-state index is -0.442. The molecule has 1 aromatic rings. The van der Waals surface area contributed by atoms with Gasteiger partial charge in [0.1, 0.15) is 0 Å². The molecule has 124 valence electrons. The number of halogens is 2.